The summed E-state index contributed by atoms with van der Waals surface area (Å²) in [6, 6.07) is 1.88. The summed E-state index contributed by atoms with van der Waals surface area (Å²) in [6.45, 7) is 2.47. The first-order valence-corrected chi connectivity index (χ1v) is 6.51. The summed E-state index contributed by atoms with van der Waals surface area (Å²) in [5.41, 5.74) is 0.959. The minimum absolute atomic E-state index is 0.726. The Balaban J connectivity index is 1.83. The number of methoxy groups -OCH3 is 1. The maximum absolute atomic E-state index is 4.96. The van der Waals surface area contributed by atoms with Gasteiger partial charge in [-0.05, 0) is 6.07 Å². The van der Waals surface area contributed by atoms with Gasteiger partial charge in [-0.1, -0.05) is 11.3 Å². The molecule has 0 radical (unpaired) electrons. The molecule has 2 aromatic heterocycles. The Hall–Kier alpha value is -1.44. The highest BCUT2D eigenvalue weighted by Crippen LogP contribution is 2.21. The molecule has 0 spiro atoms. The quantitative estimate of drug-likeness (QED) is 0.746. The fourth-order valence-corrected chi connectivity index (χ4v) is 2.21. The minimum Gasteiger partial charge on any atom is -0.383 e. The molecule has 7 heteroatoms. The predicted molar refractivity (Wildman–Crippen MR) is 69.4 cm³/mol. The highest BCUT2D eigenvalue weighted by atomic mass is 32.1. The lowest BCUT2D eigenvalue weighted by Crippen LogP contribution is -2.21. The van der Waals surface area contributed by atoms with Crippen LogP contribution in [-0.2, 0) is 11.2 Å². The minimum atomic E-state index is 0.726. The fraction of sp³-hybridized carbons (Fsp3) is 0.455. The van der Waals surface area contributed by atoms with Gasteiger partial charge in [-0.15, -0.1) is 10.2 Å². The van der Waals surface area contributed by atoms with Gasteiger partial charge < -0.3 is 10.1 Å². The van der Waals surface area contributed by atoms with Crippen LogP contribution in [0.25, 0.3) is 10.6 Å². The number of hydrogen-bond donors (Lipinski definition) is 1. The predicted octanol–water partition coefficient (Wildman–Crippen LogP) is 0.774. The summed E-state index contributed by atoms with van der Waals surface area (Å²) in [7, 11) is 1.70. The molecule has 2 aromatic rings. The molecule has 0 unspecified atom stereocenters. The first-order chi connectivity index (χ1) is 8.90. The molecule has 0 fully saturated rings. The topological polar surface area (TPSA) is 72.8 Å². The molecule has 6 nitrogen and oxygen atoms in total. The summed E-state index contributed by atoms with van der Waals surface area (Å²) in [5, 5.41) is 21.1. The van der Waals surface area contributed by atoms with Crippen molar-refractivity contribution in [3.05, 3.63) is 23.5 Å². The Morgan fingerprint density at radius 2 is 2.22 bits per heavy atom. The van der Waals surface area contributed by atoms with Crippen LogP contribution in [0.1, 0.15) is 5.01 Å². The van der Waals surface area contributed by atoms with Crippen LogP contribution in [0.5, 0.6) is 0 Å². The van der Waals surface area contributed by atoms with Crippen LogP contribution >= 0.6 is 11.3 Å². The first-order valence-electron chi connectivity index (χ1n) is 5.69. The van der Waals surface area contributed by atoms with Crippen molar-refractivity contribution >= 4 is 11.3 Å². The highest BCUT2D eigenvalue weighted by molar-refractivity contribution is 7.14. The van der Waals surface area contributed by atoms with E-state index in [1.54, 1.807) is 30.8 Å². The van der Waals surface area contributed by atoms with E-state index >= 15 is 0 Å². The van der Waals surface area contributed by atoms with Gasteiger partial charge in [-0.2, -0.15) is 10.2 Å². The zero-order chi connectivity index (χ0) is 12.6. The van der Waals surface area contributed by atoms with Crippen molar-refractivity contribution in [1.29, 1.82) is 0 Å². The van der Waals surface area contributed by atoms with Crippen molar-refractivity contribution < 1.29 is 4.74 Å². The van der Waals surface area contributed by atoms with Crippen LogP contribution in [0.3, 0.4) is 0 Å². The summed E-state index contributed by atoms with van der Waals surface area (Å²) in [5.74, 6) is 0. The van der Waals surface area contributed by atoms with E-state index in [0.717, 1.165) is 41.7 Å². The molecule has 0 aromatic carbocycles. The van der Waals surface area contributed by atoms with E-state index in [1.165, 1.54) is 0 Å². The van der Waals surface area contributed by atoms with E-state index in [0.29, 0.717) is 0 Å². The van der Waals surface area contributed by atoms with Gasteiger partial charge in [0.1, 0.15) is 10.0 Å². The third-order valence-electron chi connectivity index (χ3n) is 2.30. The normalized spacial score (nSPS) is 10.7. The second-order valence-electron chi connectivity index (χ2n) is 3.62. The van der Waals surface area contributed by atoms with Gasteiger partial charge in [0.05, 0.1) is 19.0 Å². The SMILES string of the molecule is COCCNCCc1nnc(-c2ccnnc2)s1. The average molecular weight is 265 g/mol. The van der Waals surface area contributed by atoms with Gasteiger partial charge in [-0.25, -0.2) is 0 Å². The van der Waals surface area contributed by atoms with Crippen LogP contribution in [0, 0.1) is 0 Å². The third-order valence-corrected chi connectivity index (χ3v) is 3.33. The smallest absolute Gasteiger partial charge is 0.149 e. The monoisotopic (exact) mass is 265 g/mol. The molecule has 96 valence electrons. The number of rotatable bonds is 7. The molecule has 0 saturated heterocycles. The highest BCUT2D eigenvalue weighted by Gasteiger charge is 2.06. The van der Waals surface area contributed by atoms with E-state index in [1.807, 2.05) is 6.07 Å². The van der Waals surface area contributed by atoms with Crippen molar-refractivity contribution in [2.45, 2.75) is 6.42 Å². The Kier molecular flexibility index (Phi) is 5.13. The second kappa shape index (κ2) is 7.10. The molecule has 0 saturated carbocycles. The zero-order valence-corrected chi connectivity index (χ0v) is 11.0. The van der Waals surface area contributed by atoms with E-state index in [9.17, 15) is 0 Å². The van der Waals surface area contributed by atoms with Crippen molar-refractivity contribution in [2.24, 2.45) is 0 Å². The maximum atomic E-state index is 4.96. The van der Waals surface area contributed by atoms with E-state index in [-0.39, 0.29) is 0 Å². The van der Waals surface area contributed by atoms with Crippen LogP contribution in [0.15, 0.2) is 18.5 Å². The molecular weight excluding hydrogens is 250 g/mol. The lowest BCUT2D eigenvalue weighted by molar-refractivity contribution is 0.199. The van der Waals surface area contributed by atoms with Crippen molar-refractivity contribution in [3.63, 3.8) is 0 Å². The Bertz CT molecular complexity index is 461. The first kappa shape index (κ1) is 13.0. The van der Waals surface area contributed by atoms with E-state index in [2.05, 4.69) is 25.7 Å². The van der Waals surface area contributed by atoms with Gasteiger partial charge in [0, 0.05) is 32.2 Å². The number of hydrogen-bond acceptors (Lipinski definition) is 7. The van der Waals surface area contributed by atoms with Crippen LogP contribution in [0.4, 0.5) is 0 Å². The van der Waals surface area contributed by atoms with Gasteiger partial charge in [-0.3, -0.25) is 0 Å². The lowest BCUT2D eigenvalue weighted by Gasteiger charge is -2.00. The molecule has 0 aliphatic carbocycles. The number of aromatic nitrogens is 4. The maximum Gasteiger partial charge on any atom is 0.149 e. The second-order valence-corrected chi connectivity index (χ2v) is 4.69. The van der Waals surface area contributed by atoms with Crippen molar-refractivity contribution in [3.8, 4) is 10.6 Å². The number of nitrogens with one attached hydrogen (secondary N) is 1. The van der Waals surface area contributed by atoms with Gasteiger partial charge in [0.25, 0.3) is 0 Å². The van der Waals surface area contributed by atoms with Gasteiger partial charge in [0.15, 0.2) is 0 Å². The zero-order valence-electron chi connectivity index (χ0n) is 10.2. The summed E-state index contributed by atoms with van der Waals surface area (Å²) in [4.78, 5) is 0. The summed E-state index contributed by atoms with van der Waals surface area (Å²) in [6.07, 6.45) is 4.23. The summed E-state index contributed by atoms with van der Waals surface area (Å²) < 4.78 is 4.96. The molecule has 0 bridgehead atoms. The molecule has 1 N–H and O–H groups in total. The van der Waals surface area contributed by atoms with E-state index < -0.39 is 0 Å². The molecule has 0 amide bonds. The number of nitrogens with zero attached hydrogens (tertiary/aromatic N) is 4. The third kappa shape index (κ3) is 3.80. The molecule has 18 heavy (non-hydrogen) atoms. The van der Waals surface area contributed by atoms with Crippen LogP contribution in [0.2, 0.25) is 0 Å². The van der Waals surface area contributed by atoms with Gasteiger partial charge in [0.2, 0.25) is 0 Å². The Morgan fingerprint density at radius 1 is 1.28 bits per heavy atom. The van der Waals surface area contributed by atoms with Gasteiger partial charge >= 0.3 is 0 Å². The fourth-order valence-electron chi connectivity index (χ4n) is 1.38. The summed E-state index contributed by atoms with van der Waals surface area (Å²) >= 11 is 1.59. The number of ether oxygens (including phenoxy) is 1. The largest absolute Gasteiger partial charge is 0.383 e. The van der Waals surface area contributed by atoms with E-state index in [4.69, 9.17) is 4.74 Å². The van der Waals surface area contributed by atoms with Crippen molar-refractivity contribution in [2.75, 3.05) is 26.8 Å². The molecule has 0 aliphatic heterocycles. The molecular formula is C11H15N5OS. The standard InChI is InChI=1S/C11H15N5OS/c1-17-7-6-12-4-3-10-15-16-11(18-10)9-2-5-13-14-8-9/h2,5,8,12H,3-4,6-7H2,1H3. The molecule has 2 rings (SSSR count). The molecule has 0 aliphatic rings. The van der Waals surface area contributed by atoms with Crippen LogP contribution in [-0.4, -0.2) is 47.2 Å². The molecule has 0 atom stereocenters. The molecule has 2 heterocycles. The Morgan fingerprint density at radius 3 is 3.00 bits per heavy atom. The Labute approximate surface area is 109 Å². The average Bonchev–Trinajstić information content (AvgIpc) is 2.88. The van der Waals surface area contributed by atoms with Crippen LogP contribution < -0.4 is 5.32 Å². The lowest BCUT2D eigenvalue weighted by atomic mass is 10.3. The van der Waals surface area contributed by atoms with Crippen molar-refractivity contribution in [1.82, 2.24) is 25.7 Å².